The standard InChI is InChI=1S/C10H11FO/c11-9-4-7-2-1-3-10(7)8(5-9)6-12/h4-5,12H,1-3,6H2. The minimum absolute atomic E-state index is 0.0416. The lowest BCUT2D eigenvalue weighted by Crippen LogP contribution is -1.94. The Morgan fingerprint density at radius 2 is 2.17 bits per heavy atom. The van der Waals surface area contributed by atoms with Crippen LogP contribution in [0, 0.1) is 5.82 Å². The number of halogens is 1. The van der Waals surface area contributed by atoms with Crippen LogP contribution in [0.15, 0.2) is 12.1 Å². The molecule has 0 fully saturated rings. The second-order valence-electron chi connectivity index (χ2n) is 3.21. The Morgan fingerprint density at radius 3 is 2.92 bits per heavy atom. The van der Waals surface area contributed by atoms with Gasteiger partial charge in [0, 0.05) is 0 Å². The van der Waals surface area contributed by atoms with Crippen molar-refractivity contribution in [3.63, 3.8) is 0 Å². The molecule has 1 aromatic rings. The molecule has 12 heavy (non-hydrogen) atoms. The highest BCUT2D eigenvalue weighted by molar-refractivity contribution is 5.38. The van der Waals surface area contributed by atoms with Crippen molar-refractivity contribution in [3.8, 4) is 0 Å². The Morgan fingerprint density at radius 1 is 1.33 bits per heavy atom. The van der Waals surface area contributed by atoms with Crippen molar-refractivity contribution in [2.24, 2.45) is 0 Å². The first-order valence-electron chi connectivity index (χ1n) is 4.22. The third-order valence-corrected chi connectivity index (χ3v) is 2.44. The zero-order valence-electron chi connectivity index (χ0n) is 6.81. The van der Waals surface area contributed by atoms with Gasteiger partial charge in [0.25, 0.3) is 0 Å². The Kier molecular flexibility index (Phi) is 1.85. The van der Waals surface area contributed by atoms with Crippen LogP contribution in [0.5, 0.6) is 0 Å². The predicted octanol–water partition coefficient (Wildman–Crippen LogP) is 1.81. The number of aliphatic hydroxyl groups excluding tert-OH is 1. The monoisotopic (exact) mass is 166 g/mol. The van der Waals surface area contributed by atoms with Crippen molar-refractivity contribution in [3.05, 3.63) is 34.6 Å². The Hall–Kier alpha value is -0.890. The SMILES string of the molecule is OCc1cc(F)cc2c1CCC2. The second-order valence-corrected chi connectivity index (χ2v) is 3.21. The molecular weight excluding hydrogens is 155 g/mol. The van der Waals surface area contributed by atoms with E-state index >= 15 is 0 Å². The highest BCUT2D eigenvalue weighted by atomic mass is 19.1. The third-order valence-electron chi connectivity index (χ3n) is 2.44. The van der Waals surface area contributed by atoms with Gasteiger partial charge >= 0.3 is 0 Å². The Bertz CT molecular complexity index is 307. The summed E-state index contributed by atoms with van der Waals surface area (Å²) < 4.78 is 12.9. The number of aliphatic hydroxyl groups is 1. The fraction of sp³-hybridized carbons (Fsp3) is 0.400. The molecule has 1 aliphatic carbocycles. The van der Waals surface area contributed by atoms with Gasteiger partial charge in [0.2, 0.25) is 0 Å². The van der Waals surface area contributed by atoms with Gasteiger partial charge in [-0.2, -0.15) is 0 Å². The average Bonchev–Trinajstić information content (AvgIpc) is 2.50. The van der Waals surface area contributed by atoms with Gasteiger partial charge in [0.1, 0.15) is 5.82 Å². The van der Waals surface area contributed by atoms with E-state index in [4.69, 9.17) is 5.11 Å². The molecule has 0 atom stereocenters. The lowest BCUT2D eigenvalue weighted by atomic mass is 10.0. The topological polar surface area (TPSA) is 20.2 Å². The lowest BCUT2D eigenvalue weighted by molar-refractivity contribution is 0.280. The van der Waals surface area contributed by atoms with Crippen molar-refractivity contribution < 1.29 is 9.50 Å². The molecule has 1 aliphatic rings. The summed E-state index contributed by atoms with van der Waals surface area (Å²) in [5, 5.41) is 8.96. The van der Waals surface area contributed by atoms with Gasteiger partial charge in [-0.3, -0.25) is 0 Å². The zero-order valence-corrected chi connectivity index (χ0v) is 6.81. The molecule has 1 N–H and O–H groups in total. The summed E-state index contributed by atoms with van der Waals surface area (Å²) in [6.07, 6.45) is 3.04. The molecule has 1 aromatic carbocycles. The van der Waals surface area contributed by atoms with E-state index in [0.29, 0.717) is 0 Å². The predicted molar refractivity (Wildman–Crippen MR) is 44.3 cm³/mol. The van der Waals surface area contributed by atoms with Gasteiger partial charge in [-0.1, -0.05) is 0 Å². The molecule has 64 valence electrons. The van der Waals surface area contributed by atoms with Gasteiger partial charge in [-0.05, 0) is 48.1 Å². The van der Waals surface area contributed by atoms with Gasteiger partial charge in [-0.15, -0.1) is 0 Å². The molecule has 2 rings (SSSR count). The molecule has 0 aliphatic heterocycles. The number of hydrogen-bond acceptors (Lipinski definition) is 1. The third kappa shape index (κ3) is 1.12. The second kappa shape index (κ2) is 2.87. The molecule has 0 aromatic heterocycles. The van der Waals surface area contributed by atoms with Crippen LogP contribution in [0.2, 0.25) is 0 Å². The number of fused-ring (bicyclic) bond motifs is 1. The molecule has 0 heterocycles. The summed E-state index contributed by atoms with van der Waals surface area (Å²) in [7, 11) is 0. The average molecular weight is 166 g/mol. The molecule has 2 heteroatoms. The quantitative estimate of drug-likeness (QED) is 0.674. The maximum absolute atomic E-state index is 12.9. The smallest absolute Gasteiger partial charge is 0.123 e. The van der Waals surface area contributed by atoms with Crippen LogP contribution in [0.3, 0.4) is 0 Å². The van der Waals surface area contributed by atoms with E-state index in [1.165, 1.54) is 11.6 Å². The van der Waals surface area contributed by atoms with E-state index < -0.39 is 0 Å². The van der Waals surface area contributed by atoms with Crippen LogP contribution in [0.1, 0.15) is 23.1 Å². The Labute approximate surface area is 70.8 Å². The van der Waals surface area contributed by atoms with Gasteiger partial charge in [0.15, 0.2) is 0 Å². The van der Waals surface area contributed by atoms with E-state index in [1.54, 1.807) is 6.07 Å². The van der Waals surface area contributed by atoms with Crippen molar-refractivity contribution in [1.82, 2.24) is 0 Å². The first kappa shape index (κ1) is 7.74. The molecule has 0 amide bonds. The van der Waals surface area contributed by atoms with Crippen molar-refractivity contribution in [2.45, 2.75) is 25.9 Å². The first-order valence-corrected chi connectivity index (χ1v) is 4.22. The highest BCUT2D eigenvalue weighted by Crippen LogP contribution is 2.26. The molecule has 0 spiro atoms. The first-order chi connectivity index (χ1) is 5.81. The largest absolute Gasteiger partial charge is 0.392 e. The maximum Gasteiger partial charge on any atom is 0.123 e. The zero-order chi connectivity index (χ0) is 8.55. The molecule has 0 unspecified atom stereocenters. The van der Waals surface area contributed by atoms with Crippen LogP contribution in [-0.2, 0) is 19.4 Å². The number of aryl methyl sites for hydroxylation is 1. The van der Waals surface area contributed by atoms with E-state index in [1.807, 2.05) is 0 Å². The molecule has 0 saturated heterocycles. The summed E-state index contributed by atoms with van der Waals surface area (Å²) >= 11 is 0. The molecule has 0 bridgehead atoms. The molecule has 0 saturated carbocycles. The van der Waals surface area contributed by atoms with E-state index in [-0.39, 0.29) is 12.4 Å². The van der Waals surface area contributed by atoms with Crippen LogP contribution in [-0.4, -0.2) is 5.11 Å². The summed E-state index contributed by atoms with van der Waals surface area (Å²) in [4.78, 5) is 0. The minimum atomic E-state index is -0.222. The fourth-order valence-electron chi connectivity index (χ4n) is 1.90. The van der Waals surface area contributed by atoms with Gasteiger partial charge in [0.05, 0.1) is 6.61 Å². The molecule has 1 nitrogen and oxygen atoms in total. The maximum atomic E-state index is 12.9. The van der Waals surface area contributed by atoms with Gasteiger partial charge in [-0.25, -0.2) is 4.39 Å². The minimum Gasteiger partial charge on any atom is -0.392 e. The number of benzene rings is 1. The summed E-state index contributed by atoms with van der Waals surface area (Å²) in [6.45, 7) is -0.0416. The van der Waals surface area contributed by atoms with Crippen LogP contribution < -0.4 is 0 Å². The van der Waals surface area contributed by atoms with E-state index in [0.717, 1.165) is 30.4 Å². The van der Waals surface area contributed by atoms with Crippen molar-refractivity contribution >= 4 is 0 Å². The van der Waals surface area contributed by atoms with Crippen LogP contribution in [0.4, 0.5) is 4.39 Å². The van der Waals surface area contributed by atoms with Crippen molar-refractivity contribution in [2.75, 3.05) is 0 Å². The highest BCUT2D eigenvalue weighted by Gasteiger charge is 2.15. The summed E-state index contributed by atoms with van der Waals surface area (Å²) in [5.74, 6) is -0.222. The van der Waals surface area contributed by atoms with E-state index in [9.17, 15) is 4.39 Å². The number of rotatable bonds is 1. The number of hydrogen-bond donors (Lipinski definition) is 1. The molecule has 0 radical (unpaired) electrons. The van der Waals surface area contributed by atoms with Crippen LogP contribution >= 0.6 is 0 Å². The van der Waals surface area contributed by atoms with E-state index in [2.05, 4.69) is 0 Å². The Balaban J connectivity index is 2.55. The molecular formula is C10H11FO. The fourth-order valence-corrected chi connectivity index (χ4v) is 1.90. The summed E-state index contributed by atoms with van der Waals surface area (Å²) in [6, 6.07) is 3.02. The lowest BCUT2D eigenvalue weighted by Gasteiger charge is -2.05. The van der Waals surface area contributed by atoms with Crippen molar-refractivity contribution in [1.29, 1.82) is 0 Å². The van der Waals surface area contributed by atoms with Gasteiger partial charge < -0.3 is 5.11 Å². The normalized spacial score (nSPS) is 14.8. The van der Waals surface area contributed by atoms with Crippen LogP contribution in [0.25, 0.3) is 0 Å². The summed E-state index contributed by atoms with van der Waals surface area (Å²) in [5.41, 5.74) is 3.01.